The molecule has 0 saturated heterocycles. The summed E-state index contributed by atoms with van der Waals surface area (Å²) in [5.41, 5.74) is 0.693. The van der Waals surface area contributed by atoms with Crippen LogP contribution in [0.5, 0.6) is 0 Å². The van der Waals surface area contributed by atoms with Crippen molar-refractivity contribution >= 4 is 42.4 Å². The number of nitrogens with one attached hydrogen (secondary N) is 1. The van der Waals surface area contributed by atoms with Crippen LogP contribution >= 0.6 is 11.3 Å². The van der Waals surface area contributed by atoms with Crippen LogP contribution in [0.3, 0.4) is 0 Å². The van der Waals surface area contributed by atoms with Crippen LogP contribution in [0.4, 0.5) is 5.13 Å². The first-order valence-corrected chi connectivity index (χ1v) is 10.0. The van der Waals surface area contributed by atoms with Crippen molar-refractivity contribution in [3.63, 3.8) is 0 Å². The van der Waals surface area contributed by atoms with E-state index in [0.717, 1.165) is 30.4 Å². The number of carbonyl (C=O) groups excluding carboxylic acids is 1. The summed E-state index contributed by atoms with van der Waals surface area (Å²) in [6.45, 7) is 2.13. The van der Waals surface area contributed by atoms with Gasteiger partial charge in [0.05, 0.1) is 15.1 Å². The molecule has 1 heterocycles. The number of hydrogen-bond donors (Lipinski definition) is 1. The summed E-state index contributed by atoms with van der Waals surface area (Å²) >= 11 is 1.29. The van der Waals surface area contributed by atoms with Crippen LogP contribution < -0.4 is 5.32 Å². The van der Waals surface area contributed by atoms with Gasteiger partial charge in [-0.05, 0) is 24.6 Å². The van der Waals surface area contributed by atoms with Crippen molar-refractivity contribution in [2.45, 2.75) is 43.9 Å². The topological polar surface area (TPSA) is 76.1 Å². The molecular weight excluding hydrogens is 320 g/mol. The number of carbonyl (C=O) groups is 1. The molecule has 7 heteroatoms. The lowest BCUT2D eigenvalue weighted by Crippen LogP contribution is -2.10. The summed E-state index contributed by atoms with van der Waals surface area (Å²) < 4.78 is 23.8. The van der Waals surface area contributed by atoms with Crippen LogP contribution in [0.15, 0.2) is 23.1 Å². The normalized spacial score (nSPS) is 11.7. The summed E-state index contributed by atoms with van der Waals surface area (Å²) in [5.74, 6) is -0.0431. The summed E-state index contributed by atoms with van der Waals surface area (Å²) in [4.78, 5) is 16.4. The summed E-state index contributed by atoms with van der Waals surface area (Å²) in [7, 11) is -3.23. The summed E-state index contributed by atoms with van der Waals surface area (Å²) in [6, 6.07) is 4.80. The molecule has 2 aromatic rings. The van der Waals surface area contributed by atoms with E-state index in [0.29, 0.717) is 17.1 Å². The van der Waals surface area contributed by atoms with E-state index in [1.165, 1.54) is 23.7 Å². The van der Waals surface area contributed by atoms with Gasteiger partial charge in [-0.25, -0.2) is 13.4 Å². The number of unbranched alkanes of at least 4 members (excludes halogenated alkanes) is 3. The molecule has 0 aliphatic rings. The number of fused-ring (bicyclic) bond motifs is 1. The van der Waals surface area contributed by atoms with Gasteiger partial charge in [0.15, 0.2) is 15.0 Å². The monoisotopic (exact) mass is 340 g/mol. The molecule has 1 amide bonds. The molecule has 0 radical (unpaired) electrons. The van der Waals surface area contributed by atoms with Crippen LogP contribution in [-0.2, 0) is 14.6 Å². The minimum atomic E-state index is -3.23. The maximum Gasteiger partial charge on any atom is 0.226 e. The van der Waals surface area contributed by atoms with Crippen LogP contribution in [0.25, 0.3) is 10.2 Å². The Morgan fingerprint density at radius 3 is 2.73 bits per heavy atom. The standard InChI is InChI=1S/C15H20N2O3S2/c1-3-4-5-6-7-14(18)17-15-16-12-9-8-11(22(2,19)20)10-13(12)21-15/h8-10H,3-7H2,1-2H3,(H,16,17,18). The van der Waals surface area contributed by atoms with E-state index in [9.17, 15) is 13.2 Å². The third kappa shape index (κ3) is 4.51. The van der Waals surface area contributed by atoms with Gasteiger partial charge in [-0.3, -0.25) is 4.79 Å². The Hall–Kier alpha value is -1.47. The lowest BCUT2D eigenvalue weighted by atomic mass is 10.1. The minimum Gasteiger partial charge on any atom is -0.302 e. The first kappa shape index (κ1) is 16.9. The molecule has 22 heavy (non-hydrogen) atoms. The highest BCUT2D eigenvalue weighted by atomic mass is 32.2. The van der Waals surface area contributed by atoms with E-state index < -0.39 is 9.84 Å². The predicted octanol–water partition coefficient (Wildman–Crippen LogP) is 3.61. The fourth-order valence-electron chi connectivity index (χ4n) is 2.08. The second-order valence-corrected chi connectivity index (χ2v) is 8.33. The molecule has 0 spiro atoms. The maximum absolute atomic E-state index is 11.8. The number of anilines is 1. The lowest BCUT2D eigenvalue weighted by molar-refractivity contribution is -0.116. The number of amides is 1. The fourth-order valence-corrected chi connectivity index (χ4v) is 3.73. The van der Waals surface area contributed by atoms with Crippen LogP contribution in [-0.4, -0.2) is 25.6 Å². The van der Waals surface area contributed by atoms with E-state index >= 15 is 0 Å². The van der Waals surface area contributed by atoms with Crippen molar-refractivity contribution in [1.29, 1.82) is 0 Å². The zero-order valence-electron chi connectivity index (χ0n) is 12.8. The molecule has 1 aromatic carbocycles. The summed E-state index contributed by atoms with van der Waals surface area (Å²) in [5, 5.41) is 3.30. The summed E-state index contributed by atoms with van der Waals surface area (Å²) in [6.07, 6.45) is 5.88. The Morgan fingerprint density at radius 1 is 1.27 bits per heavy atom. The molecule has 2 rings (SSSR count). The second kappa shape index (κ2) is 7.19. The molecule has 0 aliphatic heterocycles. The quantitative estimate of drug-likeness (QED) is 0.781. The van der Waals surface area contributed by atoms with Gasteiger partial charge in [0.25, 0.3) is 0 Å². The molecule has 0 unspecified atom stereocenters. The van der Waals surface area contributed by atoms with E-state index in [4.69, 9.17) is 0 Å². The molecular formula is C15H20N2O3S2. The van der Waals surface area contributed by atoms with Gasteiger partial charge in [-0.1, -0.05) is 37.5 Å². The molecule has 5 nitrogen and oxygen atoms in total. The Morgan fingerprint density at radius 2 is 2.05 bits per heavy atom. The van der Waals surface area contributed by atoms with Crippen molar-refractivity contribution in [2.24, 2.45) is 0 Å². The van der Waals surface area contributed by atoms with Crippen molar-refractivity contribution in [3.8, 4) is 0 Å². The molecule has 1 aromatic heterocycles. The highest BCUT2D eigenvalue weighted by Gasteiger charge is 2.12. The zero-order chi connectivity index (χ0) is 16.2. The number of sulfone groups is 1. The smallest absolute Gasteiger partial charge is 0.226 e. The minimum absolute atomic E-state index is 0.0431. The Bertz CT molecular complexity index is 766. The molecule has 0 fully saturated rings. The van der Waals surface area contributed by atoms with Gasteiger partial charge in [-0.2, -0.15) is 0 Å². The number of nitrogens with zero attached hydrogens (tertiary/aromatic N) is 1. The Labute approximate surface area is 134 Å². The van der Waals surface area contributed by atoms with Gasteiger partial charge in [0.2, 0.25) is 5.91 Å². The van der Waals surface area contributed by atoms with Gasteiger partial charge in [0.1, 0.15) is 0 Å². The molecule has 1 N–H and O–H groups in total. The highest BCUT2D eigenvalue weighted by molar-refractivity contribution is 7.90. The number of benzene rings is 1. The molecule has 0 aliphatic carbocycles. The second-order valence-electron chi connectivity index (χ2n) is 5.28. The average molecular weight is 340 g/mol. The third-order valence-corrected chi connectivity index (χ3v) is 5.34. The first-order chi connectivity index (χ1) is 10.4. The lowest BCUT2D eigenvalue weighted by Gasteiger charge is -2.00. The largest absolute Gasteiger partial charge is 0.302 e. The van der Waals surface area contributed by atoms with Crippen molar-refractivity contribution in [2.75, 3.05) is 11.6 Å². The van der Waals surface area contributed by atoms with E-state index in [2.05, 4.69) is 17.2 Å². The predicted molar refractivity (Wildman–Crippen MR) is 90.1 cm³/mol. The van der Waals surface area contributed by atoms with E-state index in [1.54, 1.807) is 12.1 Å². The van der Waals surface area contributed by atoms with Crippen LogP contribution in [0.2, 0.25) is 0 Å². The first-order valence-electron chi connectivity index (χ1n) is 7.30. The van der Waals surface area contributed by atoms with Crippen molar-refractivity contribution in [3.05, 3.63) is 18.2 Å². The Kier molecular flexibility index (Phi) is 5.52. The highest BCUT2D eigenvalue weighted by Crippen LogP contribution is 2.28. The molecule has 0 atom stereocenters. The molecule has 0 bridgehead atoms. The van der Waals surface area contributed by atoms with Crippen LogP contribution in [0.1, 0.15) is 39.0 Å². The van der Waals surface area contributed by atoms with Gasteiger partial charge in [-0.15, -0.1) is 0 Å². The third-order valence-electron chi connectivity index (χ3n) is 3.29. The van der Waals surface area contributed by atoms with Crippen LogP contribution in [0, 0.1) is 0 Å². The number of thiazole rings is 1. The number of hydrogen-bond acceptors (Lipinski definition) is 5. The Balaban J connectivity index is 2.05. The van der Waals surface area contributed by atoms with Gasteiger partial charge in [0, 0.05) is 12.7 Å². The number of aromatic nitrogens is 1. The van der Waals surface area contributed by atoms with E-state index in [1.807, 2.05) is 0 Å². The SMILES string of the molecule is CCCCCCC(=O)Nc1nc2ccc(S(C)(=O)=O)cc2s1. The fraction of sp³-hybridized carbons (Fsp3) is 0.467. The van der Waals surface area contributed by atoms with Crippen molar-refractivity contribution in [1.82, 2.24) is 4.98 Å². The average Bonchev–Trinajstić information content (AvgIpc) is 2.83. The number of rotatable bonds is 7. The van der Waals surface area contributed by atoms with Crippen molar-refractivity contribution < 1.29 is 13.2 Å². The van der Waals surface area contributed by atoms with E-state index in [-0.39, 0.29) is 10.8 Å². The van der Waals surface area contributed by atoms with Gasteiger partial charge >= 0.3 is 0 Å². The molecule has 120 valence electrons. The maximum atomic E-state index is 11.8. The van der Waals surface area contributed by atoms with Gasteiger partial charge < -0.3 is 5.32 Å². The molecule has 0 saturated carbocycles. The zero-order valence-corrected chi connectivity index (χ0v) is 14.4.